The van der Waals surface area contributed by atoms with E-state index in [0.717, 1.165) is 16.6 Å². The average molecular weight is 307 g/mol. The number of likely N-dealkylation sites (tertiary alicyclic amines) is 1. The van der Waals surface area contributed by atoms with E-state index < -0.39 is 0 Å². The molecular formula is C14H21N5OS. The molecule has 2 aromatic rings. The predicted octanol–water partition coefficient (Wildman–Crippen LogP) is 2.15. The molecule has 6 nitrogen and oxygen atoms in total. The van der Waals surface area contributed by atoms with Crippen molar-refractivity contribution in [3.05, 3.63) is 10.9 Å². The van der Waals surface area contributed by atoms with Gasteiger partial charge in [-0.1, -0.05) is 0 Å². The summed E-state index contributed by atoms with van der Waals surface area (Å²) in [6, 6.07) is 2.69. The Bertz CT molecular complexity index is 629. The molecule has 0 saturated carbocycles. The molecule has 1 fully saturated rings. The van der Waals surface area contributed by atoms with E-state index in [1.165, 1.54) is 24.3 Å². The quantitative estimate of drug-likeness (QED) is 0.651. The lowest BCUT2D eigenvalue weighted by Crippen LogP contribution is -2.26. The van der Waals surface area contributed by atoms with Crippen molar-refractivity contribution >= 4 is 27.5 Å². The Labute approximate surface area is 128 Å². The molecule has 3 N–H and O–H groups in total. The largest absolute Gasteiger partial charge is 0.477 e. The van der Waals surface area contributed by atoms with E-state index in [1.54, 1.807) is 11.3 Å². The molecule has 114 valence electrons. The van der Waals surface area contributed by atoms with Crippen LogP contribution in [0.2, 0.25) is 0 Å². The third-order valence-corrected chi connectivity index (χ3v) is 4.92. The van der Waals surface area contributed by atoms with Gasteiger partial charge in [0.1, 0.15) is 4.83 Å². The Hall–Kier alpha value is -1.44. The van der Waals surface area contributed by atoms with Gasteiger partial charge >= 0.3 is 0 Å². The summed E-state index contributed by atoms with van der Waals surface area (Å²) in [6.45, 7) is 3.91. The highest BCUT2D eigenvalue weighted by molar-refractivity contribution is 7.18. The van der Waals surface area contributed by atoms with Crippen LogP contribution in [0.3, 0.4) is 0 Å². The number of aromatic nitrogens is 2. The number of hydrazine groups is 1. The smallest absolute Gasteiger partial charge is 0.241 e. The maximum atomic E-state index is 5.92. The highest BCUT2D eigenvalue weighted by atomic mass is 32.1. The van der Waals surface area contributed by atoms with Crippen LogP contribution in [0, 0.1) is 6.92 Å². The number of hydrogen-bond acceptors (Lipinski definition) is 7. The van der Waals surface area contributed by atoms with Gasteiger partial charge in [0.05, 0.1) is 12.0 Å². The molecule has 1 saturated heterocycles. The van der Waals surface area contributed by atoms with Crippen LogP contribution in [0.1, 0.15) is 24.1 Å². The Balaban J connectivity index is 1.73. The monoisotopic (exact) mass is 307 g/mol. The molecule has 3 rings (SSSR count). The number of nitrogens with one attached hydrogen (secondary N) is 1. The summed E-state index contributed by atoms with van der Waals surface area (Å²) >= 11 is 1.62. The van der Waals surface area contributed by atoms with Crippen LogP contribution in [0.5, 0.6) is 5.88 Å². The highest BCUT2D eigenvalue weighted by Crippen LogP contribution is 2.31. The van der Waals surface area contributed by atoms with Crippen molar-refractivity contribution in [3.8, 4) is 5.88 Å². The molecule has 21 heavy (non-hydrogen) atoms. The summed E-state index contributed by atoms with van der Waals surface area (Å²) in [5.74, 6) is 6.45. The van der Waals surface area contributed by atoms with Crippen LogP contribution >= 0.6 is 11.3 Å². The van der Waals surface area contributed by atoms with Crippen molar-refractivity contribution in [2.75, 3.05) is 25.6 Å². The first-order chi connectivity index (χ1) is 10.2. The average Bonchev–Trinajstić information content (AvgIpc) is 3.04. The van der Waals surface area contributed by atoms with E-state index in [-0.39, 0.29) is 0 Å². The molecule has 0 spiro atoms. The van der Waals surface area contributed by atoms with Gasteiger partial charge in [-0.3, -0.25) is 5.43 Å². The van der Waals surface area contributed by atoms with Crippen molar-refractivity contribution in [1.29, 1.82) is 0 Å². The lowest BCUT2D eigenvalue weighted by atomic mass is 10.1. The van der Waals surface area contributed by atoms with Crippen LogP contribution in [0.25, 0.3) is 10.2 Å². The summed E-state index contributed by atoms with van der Waals surface area (Å²) in [4.78, 5) is 13.2. The first-order valence-corrected chi connectivity index (χ1v) is 8.07. The molecule has 1 unspecified atom stereocenters. The molecule has 0 amide bonds. The number of nitrogens with zero attached hydrogens (tertiary/aromatic N) is 3. The van der Waals surface area contributed by atoms with Gasteiger partial charge in [0.25, 0.3) is 0 Å². The Kier molecular flexibility index (Phi) is 4.23. The maximum Gasteiger partial charge on any atom is 0.241 e. The van der Waals surface area contributed by atoms with Crippen molar-refractivity contribution in [2.45, 2.75) is 32.2 Å². The fourth-order valence-electron chi connectivity index (χ4n) is 2.83. The van der Waals surface area contributed by atoms with E-state index in [9.17, 15) is 0 Å². The fraction of sp³-hybridized carbons (Fsp3) is 0.571. The van der Waals surface area contributed by atoms with Crippen LogP contribution in [0.15, 0.2) is 6.07 Å². The Morgan fingerprint density at radius 2 is 2.38 bits per heavy atom. The van der Waals surface area contributed by atoms with Crippen molar-refractivity contribution in [2.24, 2.45) is 5.84 Å². The second-order valence-corrected chi connectivity index (χ2v) is 6.72. The fourth-order valence-corrected chi connectivity index (χ4v) is 3.70. The van der Waals surface area contributed by atoms with Crippen LogP contribution in [-0.4, -0.2) is 41.1 Å². The summed E-state index contributed by atoms with van der Waals surface area (Å²) in [5, 5.41) is 0.969. The van der Waals surface area contributed by atoms with Gasteiger partial charge in [-0.05, 0) is 45.8 Å². The van der Waals surface area contributed by atoms with Crippen molar-refractivity contribution in [1.82, 2.24) is 14.9 Å². The number of nitrogens with two attached hydrogens (primary N) is 1. The van der Waals surface area contributed by atoms with Crippen LogP contribution in [-0.2, 0) is 0 Å². The van der Waals surface area contributed by atoms with Gasteiger partial charge < -0.3 is 9.64 Å². The topological polar surface area (TPSA) is 76.3 Å². The number of hydrogen-bond donors (Lipinski definition) is 2. The summed E-state index contributed by atoms with van der Waals surface area (Å²) in [5.41, 5.74) is 2.50. The molecular weight excluding hydrogens is 286 g/mol. The molecule has 0 aliphatic carbocycles. The van der Waals surface area contributed by atoms with Crippen LogP contribution < -0.4 is 16.0 Å². The number of anilines is 1. The van der Waals surface area contributed by atoms with E-state index in [1.807, 2.05) is 0 Å². The number of rotatable bonds is 5. The molecule has 2 aromatic heterocycles. The third kappa shape index (κ3) is 3.09. The van der Waals surface area contributed by atoms with E-state index in [2.05, 4.69) is 40.3 Å². The summed E-state index contributed by atoms with van der Waals surface area (Å²) < 4.78 is 5.92. The zero-order valence-electron chi connectivity index (χ0n) is 12.4. The number of fused-ring (bicyclic) bond motifs is 1. The Morgan fingerprint density at radius 1 is 1.52 bits per heavy atom. The summed E-state index contributed by atoms with van der Waals surface area (Å²) in [7, 11) is 2.18. The maximum absolute atomic E-state index is 5.92. The van der Waals surface area contributed by atoms with Crippen LogP contribution in [0.4, 0.5) is 5.95 Å². The standard InChI is InChI=1S/C14H21N5OS/c1-9-8-11-12(16-14(18-15)17-13(11)21-9)20-7-5-10-4-3-6-19(10)2/h8,10H,3-7,15H2,1-2H3,(H,16,17,18). The first-order valence-electron chi connectivity index (χ1n) is 7.25. The zero-order chi connectivity index (χ0) is 14.8. The van der Waals surface area contributed by atoms with E-state index in [0.29, 0.717) is 24.5 Å². The van der Waals surface area contributed by atoms with Gasteiger partial charge in [0.15, 0.2) is 0 Å². The number of thiophene rings is 1. The van der Waals surface area contributed by atoms with Gasteiger partial charge in [-0.2, -0.15) is 4.98 Å². The SMILES string of the molecule is Cc1cc2c(OCCC3CCCN3C)nc(NN)nc2s1. The number of nitrogen functional groups attached to an aromatic ring is 1. The van der Waals surface area contributed by atoms with E-state index in [4.69, 9.17) is 10.6 Å². The van der Waals surface area contributed by atoms with Gasteiger partial charge in [-0.15, -0.1) is 11.3 Å². The minimum Gasteiger partial charge on any atom is -0.477 e. The second kappa shape index (κ2) is 6.13. The first kappa shape index (κ1) is 14.5. The second-order valence-electron chi connectivity index (χ2n) is 5.49. The molecule has 0 radical (unpaired) electrons. The minimum atomic E-state index is 0.400. The molecule has 1 aliphatic heterocycles. The van der Waals surface area contributed by atoms with Crippen molar-refractivity contribution < 1.29 is 4.74 Å². The normalized spacial score (nSPS) is 19.3. The van der Waals surface area contributed by atoms with Gasteiger partial charge in [-0.25, -0.2) is 10.8 Å². The number of ether oxygens (including phenoxy) is 1. The predicted molar refractivity (Wildman–Crippen MR) is 85.7 cm³/mol. The molecule has 1 atom stereocenters. The van der Waals surface area contributed by atoms with Gasteiger partial charge in [0.2, 0.25) is 11.8 Å². The number of aryl methyl sites for hydroxylation is 1. The molecule has 3 heterocycles. The van der Waals surface area contributed by atoms with Gasteiger partial charge in [0, 0.05) is 10.9 Å². The zero-order valence-corrected chi connectivity index (χ0v) is 13.2. The van der Waals surface area contributed by atoms with E-state index >= 15 is 0 Å². The van der Waals surface area contributed by atoms with Crippen molar-refractivity contribution in [3.63, 3.8) is 0 Å². The minimum absolute atomic E-state index is 0.400. The lowest BCUT2D eigenvalue weighted by Gasteiger charge is -2.19. The summed E-state index contributed by atoms with van der Waals surface area (Å²) in [6.07, 6.45) is 3.56. The molecule has 7 heteroatoms. The molecule has 0 aromatic carbocycles. The Morgan fingerprint density at radius 3 is 3.10 bits per heavy atom. The molecule has 0 bridgehead atoms. The third-order valence-electron chi connectivity index (χ3n) is 3.97. The lowest BCUT2D eigenvalue weighted by molar-refractivity contribution is 0.230. The molecule has 1 aliphatic rings. The highest BCUT2D eigenvalue weighted by Gasteiger charge is 2.20.